The molecular formula is C20H29IN4O2S2. The number of hydrogen-bond acceptors (Lipinski definition) is 5. The van der Waals surface area contributed by atoms with Crippen LogP contribution in [0.25, 0.3) is 0 Å². The molecule has 1 aromatic heterocycles. The normalized spacial score (nSPS) is 18.2. The van der Waals surface area contributed by atoms with Crippen LogP contribution in [0.4, 0.5) is 0 Å². The molecule has 9 heteroatoms. The van der Waals surface area contributed by atoms with E-state index < -0.39 is 14.6 Å². The Bertz CT molecular complexity index is 927. The zero-order valence-electron chi connectivity index (χ0n) is 17.1. The average Bonchev–Trinajstić information content (AvgIpc) is 3.12. The number of guanidine groups is 1. The molecule has 29 heavy (non-hydrogen) atoms. The van der Waals surface area contributed by atoms with E-state index in [0.29, 0.717) is 19.6 Å². The van der Waals surface area contributed by atoms with Crippen molar-refractivity contribution in [2.24, 2.45) is 4.99 Å². The lowest BCUT2D eigenvalue weighted by Gasteiger charge is -2.39. The molecule has 3 rings (SSSR count). The van der Waals surface area contributed by atoms with Crippen molar-refractivity contribution < 1.29 is 8.42 Å². The Morgan fingerprint density at radius 3 is 2.66 bits per heavy atom. The Balaban J connectivity index is 0.00000300. The predicted octanol–water partition coefficient (Wildman–Crippen LogP) is 3.13. The van der Waals surface area contributed by atoms with Gasteiger partial charge in [0.25, 0.3) is 0 Å². The van der Waals surface area contributed by atoms with Gasteiger partial charge in [0, 0.05) is 31.9 Å². The number of aliphatic imine (C=N–C) groups is 1. The fourth-order valence-corrected chi connectivity index (χ4v) is 5.43. The van der Waals surface area contributed by atoms with Gasteiger partial charge in [0.1, 0.15) is 0 Å². The third-order valence-electron chi connectivity index (χ3n) is 5.05. The molecule has 1 aliphatic heterocycles. The highest BCUT2D eigenvalue weighted by Gasteiger charge is 2.40. The van der Waals surface area contributed by atoms with Gasteiger partial charge in [0.15, 0.2) is 15.8 Å². The number of benzene rings is 1. The maximum Gasteiger partial charge on any atom is 0.194 e. The number of halogens is 1. The number of aromatic nitrogens is 1. The van der Waals surface area contributed by atoms with Gasteiger partial charge in [-0.2, -0.15) is 0 Å². The van der Waals surface area contributed by atoms with Crippen molar-refractivity contribution in [1.29, 1.82) is 0 Å². The summed E-state index contributed by atoms with van der Waals surface area (Å²) in [6, 6.07) is 10.4. The van der Waals surface area contributed by atoms with Crippen LogP contribution in [0, 0.1) is 0 Å². The molecule has 1 fully saturated rings. The molecule has 0 bridgehead atoms. The highest BCUT2D eigenvalue weighted by atomic mass is 127. The van der Waals surface area contributed by atoms with E-state index in [0.717, 1.165) is 29.5 Å². The molecule has 2 heterocycles. The van der Waals surface area contributed by atoms with Crippen LogP contribution >= 0.6 is 35.3 Å². The second-order valence-electron chi connectivity index (χ2n) is 7.62. The molecule has 2 aromatic rings. The van der Waals surface area contributed by atoms with Crippen LogP contribution in [-0.2, 0) is 29.2 Å². The molecule has 0 radical (unpaired) electrons. The lowest BCUT2D eigenvalue weighted by atomic mass is 10.1. The monoisotopic (exact) mass is 548 g/mol. The SMILES string of the molecule is CN=C(NCc1csc(CCc2ccccc2)n1)N1CCS(=O)(=O)C(C)(C)C1.I. The average molecular weight is 549 g/mol. The summed E-state index contributed by atoms with van der Waals surface area (Å²) >= 11 is 1.68. The van der Waals surface area contributed by atoms with E-state index in [2.05, 4.69) is 40.0 Å². The Labute approximate surface area is 194 Å². The van der Waals surface area contributed by atoms with Gasteiger partial charge in [-0.1, -0.05) is 30.3 Å². The Morgan fingerprint density at radius 1 is 1.28 bits per heavy atom. The summed E-state index contributed by atoms with van der Waals surface area (Å²) in [6.45, 7) is 5.04. The fourth-order valence-electron chi connectivity index (χ4n) is 3.27. The maximum absolute atomic E-state index is 12.2. The number of thiazole rings is 1. The molecule has 0 amide bonds. The Hall–Kier alpha value is -1.20. The van der Waals surface area contributed by atoms with E-state index in [-0.39, 0.29) is 29.7 Å². The zero-order chi connectivity index (χ0) is 20.2. The molecule has 0 spiro atoms. The topological polar surface area (TPSA) is 74.7 Å². The maximum atomic E-state index is 12.2. The van der Waals surface area contributed by atoms with Crippen LogP contribution in [0.3, 0.4) is 0 Å². The largest absolute Gasteiger partial charge is 0.351 e. The smallest absolute Gasteiger partial charge is 0.194 e. The summed E-state index contributed by atoms with van der Waals surface area (Å²) in [7, 11) is -1.34. The van der Waals surface area contributed by atoms with E-state index in [9.17, 15) is 8.42 Å². The molecular weight excluding hydrogens is 519 g/mol. The standard InChI is InChI=1S/C20H28N4O2S2.HI/c1-20(2)15-24(11-12-28(20,25)26)19(21-3)22-13-17-14-27-18(23-17)10-9-16-7-5-4-6-8-16;/h4-8,14H,9-13,15H2,1-3H3,(H,21,22);1H. The molecule has 1 aliphatic rings. The van der Waals surface area contributed by atoms with Crippen molar-refractivity contribution in [3.05, 3.63) is 52.0 Å². The molecule has 0 atom stereocenters. The first-order chi connectivity index (χ1) is 13.3. The third-order valence-corrected chi connectivity index (χ3v) is 8.54. The minimum atomic E-state index is -3.06. The minimum absolute atomic E-state index is 0. The first-order valence-corrected chi connectivity index (χ1v) is 12.0. The van der Waals surface area contributed by atoms with E-state index in [1.807, 2.05) is 11.0 Å². The van der Waals surface area contributed by atoms with E-state index >= 15 is 0 Å². The van der Waals surface area contributed by atoms with Gasteiger partial charge in [-0.05, 0) is 25.8 Å². The first-order valence-electron chi connectivity index (χ1n) is 9.46. The molecule has 1 aromatic carbocycles. The first kappa shape index (κ1) is 24.1. The number of nitrogens with zero attached hydrogens (tertiary/aromatic N) is 3. The van der Waals surface area contributed by atoms with Gasteiger partial charge in [-0.25, -0.2) is 13.4 Å². The molecule has 0 saturated carbocycles. The fraction of sp³-hybridized carbons (Fsp3) is 0.500. The molecule has 6 nitrogen and oxygen atoms in total. The second-order valence-corrected chi connectivity index (χ2v) is 11.3. The number of aryl methyl sites for hydroxylation is 2. The summed E-state index contributed by atoms with van der Waals surface area (Å²) in [4.78, 5) is 11.1. The van der Waals surface area contributed by atoms with Crippen LogP contribution in [0.5, 0.6) is 0 Å². The van der Waals surface area contributed by atoms with Gasteiger partial charge >= 0.3 is 0 Å². The highest BCUT2D eigenvalue weighted by molar-refractivity contribution is 14.0. The summed E-state index contributed by atoms with van der Waals surface area (Å²) in [5.74, 6) is 0.878. The molecule has 1 saturated heterocycles. The summed E-state index contributed by atoms with van der Waals surface area (Å²) in [6.07, 6.45) is 1.92. The summed E-state index contributed by atoms with van der Waals surface area (Å²) in [5.41, 5.74) is 2.30. The van der Waals surface area contributed by atoms with Crippen molar-refractivity contribution in [3.63, 3.8) is 0 Å². The molecule has 160 valence electrons. The lowest BCUT2D eigenvalue weighted by molar-refractivity contribution is 0.353. The number of sulfone groups is 1. The van der Waals surface area contributed by atoms with Crippen molar-refractivity contribution >= 4 is 51.1 Å². The third kappa shape index (κ3) is 6.14. The van der Waals surface area contributed by atoms with E-state index in [4.69, 9.17) is 4.98 Å². The lowest BCUT2D eigenvalue weighted by Crippen LogP contribution is -2.57. The van der Waals surface area contributed by atoms with Gasteiger partial charge in [0.05, 0.1) is 27.7 Å². The van der Waals surface area contributed by atoms with Crippen molar-refractivity contribution in [1.82, 2.24) is 15.2 Å². The van der Waals surface area contributed by atoms with Gasteiger partial charge < -0.3 is 10.2 Å². The minimum Gasteiger partial charge on any atom is -0.351 e. The number of hydrogen-bond donors (Lipinski definition) is 1. The van der Waals surface area contributed by atoms with Crippen molar-refractivity contribution in [2.45, 2.75) is 38.0 Å². The van der Waals surface area contributed by atoms with Crippen LogP contribution in [0.2, 0.25) is 0 Å². The summed E-state index contributed by atoms with van der Waals surface area (Å²) < 4.78 is 23.7. The van der Waals surface area contributed by atoms with Crippen LogP contribution < -0.4 is 5.32 Å². The van der Waals surface area contributed by atoms with E-state index in [1.165, 1.54) is 5.56 Å². The Kier molecular flexibility index (Phi) is 8.48. The van der Waals surface area contributed by atoms with Crippen LogP contribution in [0.1, 0.15) is 30.1 Å². The number of rotatable bonds is 5. The van der Waals surface area contributed by atoms with E-state index in [1.54, 1.807) is 32.2 Å². The zero-order valence-corrected chi connectivity index (χ0v) is 21.1. The quantitative estimate of drug-likeness (QED) is 0.353. The van der Waals surface area contributed by atoms with Gasteiger partial charge in [-0.15, -0.1) is 35.3 Å². The number of nitrogens with one attached hydrogen (secondary N) is 1. The molecule has 1 N–H and O–H groups in total. The van der Waals surface area contributed by atoms with Gasteiger partial charge in [-0.3, -0.25) is 4.99 Å². The van der Waals surface area contributed by atoms with Crippen LogP contribution in [0.15, 0.2) is 40.7 Å². The Morgan fingerprint density at radius 2 is 2.00 bits per heavy atom. The van der Waals surface area contributed by atoms with Crippen LogP contribution in [-0.4, -0.2) is 54.9 Å². The van der Waals surface area contributed by atoms with Crippen molar-refractivity contribution in [3.8, 4) is 0 Å². The molecule has 0 unspecified atom stereocenters. The highest BCUT2D eigenvalue weighted by Crippen LogP contribution is 2.23. The molecule has 0 aliphatic carbocycles. The van der Waals surface area contributed by atoms with Crippen molar-refractivity contribution in [2.75, 3.05) is 25.9 Å². The van der Waals surface area contributed by atoms with Gasteiger partial charge in [0.2, 0.25) is 0 Å². The predicted molar refractivity (Wildman–Crippen MR) is 131 cm³/mol. The second kappa shape index (κ2) is 10.2. The summed E-state index contributed by atoms with van der Waals surface area (Å²) in [5, 5.41) is 6.53.